The maximum atomic E-state index is 11.6. The Morgan fingerprint density at radius 2 is 2.47 bits per heavy atom. The summed E-state index contributed by atoms with van der Waals surface area (Å²) in [5.74, 6) is 0.969. The van der Waals surface area contributed by atoms with Crippen LogP contribution in [0.3, 0.4) is 0 Å². The van der Waals surface area contributed by atoms with Gasteiger partial charge >= 0.3 is 0 Å². The normalized spacial score (nSPS) is 16.3. The number of Topliss-reactive ketones (excluding diaryl/α,β-unsaturated/α-hetero) is 1. The van der Waals surface area contributed by atoms with Gasteiger partial charge in [0.15, 0.2) is 5.78 Å². The molecule has 2 N–H and O–H groups in total. The predicted molar refractivity (Wildman–Crippen MR) is 56.1 cm³/mol. The molecule has 5 nitrogen and oxygen atoms in total. The highest BCUT2D eigenvalue weighted by Crippen LogP contribution is 2.23. The van der Waals surface area contributed by atoms with Crippen molar-refractivity contribution < 1.29 is 9.90 Å². The van der Waals surface area contributed by atoms with Crippen molar-refractivity contribution in [2.75, 3.05) is 24.6 Å². The number of H-pyrrole nitrogens is 1. The number of ketones is 1. The second kappa shape index (κ2) is 4.44. The fourth-order valence-electron chi connectivity index (χ4n) is 1.89. The molecule has 0 amide bonds. The van der Waals surface area contributed by atoms with Gasteiger partial charge in [0.2, 0.25) is 0 Å². The summed E-state index contributed by atoms with van der Waals surface area (Å²) in [4.78, 5) is 13.7. The Labute approximate surface area is 88.1 Å². The Morgan fingerprint density at radius 1 is 1.60 bits per heavy atom. The molecule has 0 unspecified atom stereocenters. The number of aliphatic hydroxyl groups excluding tert-OH is 1. The molecule has 0 fully saturated rings. The van der Waals surface area contributed by atoms with E-state index in [1.165, 1.54) is 0 Å². The van der Waals surface area contributed by atoms with Crippen molar-refractivity contribution in [1.29, 1.82) is 0 Å². The molecule has 1 aromatic rings. The van der Waals surface area contributed by atoms with Gasteiger partial charge in [-0.05, 0) is 12.8 Å². The van der Waals surface area contributed by atoms with E-state index in [0.29, 0.717) is 18.4 Å². The molecule has 0 aromatic carbocycles. The van der Waals surface area contributed by atoms with E-state index in [-0.39, 0.29) is 12.4 Å². The first-order valence-electron chi connectivity index (χ1n) is 5.25. The van der Waals surface area contributed by atoms with Gasteiger partial charge in [-0.15, -0.1) is 0 Å². The minimum atomic E-state index is 0.158. The number of carbonyl (C=O) groups is 1. The zero-order valence-electron chi connectivity index (χ0n) is 8.57. The minimum Gasteiger partial charge on any atom is -0.396 e. The number of aromatic nitrogens is 2. The number of hydrogen-bond acceptors (Lipinski definition) is 4. The summed E-state index contributed by atoms with van der Waals surface area (Å²) in [5, 5.41) is 15.6. The molecule has 0 saturated heterocycles. The number of carbonyl (C=O) groups excluding carboxylic acids is 1. The maximum Gasteiger partial charge on any atom is 0.168 e. The molecule has 82 valence electrons. The summed E-state index contributed by atoms with van der Waals surface area (Å²) in [6.07, 6.45) is 3.76. The van der Waals surface area contributed by atoms with Gasteiger partial charge in [-0.3, -0.25) is 9.89 Å². The van der Waals surface area contributed by atoms with E-state index in [1.54, 1.807) is 6.20 Å². The highest BCUT2D eigenvalue weighted by molar-refractivity contribution is 6.00. The van der Waals surface area contributed by atoms with Crippen molar-refractivity contribution in [2.24, 2.45) is 0 Å². The van der Waals surface area contributed by atoms with Gasteiger partial charge in [0.25, 0.3) is 0 Å². The monoisotopic (exact) mass is 209 g/mol. The van der Waals surface area contributed by atoms with Crippen LogP contribution >= 0.6 is 0 Å². The molecule has 5 heteroatoms. The SMILES string of the molecule is O=C1CCCN(CCCO)c2[nH]ncc21. The number of fused-ring (bicyclic) bond motifs is 1. The molecular formula is C10H15N3O2. The van der Waals surface area contributed by atoms with Gasteiger partial charge in [-0.2, -0.15) is 5.10 Å². The van der Waals surface area contributed by atoms with Crippen LogP contribution in [0.2, 0.25) is 0 Å². The molecule has 0 spiro atoms. The number of anilines is 1. The van der Waals surface area contributed by atoms with E-state index in [1.807, 2.05) is 0 Å². The smallest absolute Gasteiger partial charge is 0.168 e. The number of hydrogen-bond donors (Lipinski definition) is 2. The van der Waals surface area contributed by atoms with Crippen molar-refractivity contribution in [3.63, 3.8) is 0 Å². The van der Waals surface area contributed by atoms with Gasteiger partial charge in [0.1, 0.15) is 5.82 Å². The van der Waals surface area contributed by atoms with Crippen LogP contribution in [-0.2, 0) is 0 Å². The van der Waals surface area contributed by atoms with Crippen molar-refractivity contribution in [3.05, 3.63) is 11.8 Å². The van der Waals surface area contributed by atoms with E-state index in [4.69, 9.17) is 5.11 Å². The second-order valence-electron chi connectivity index (χ2n) is 3.72. The number of aliphatic hydroxyl groups is 1. The van der Waals surface area contributed by atoms with Crippen molar-refractivity contribution in [1.82, 2.24) is 10.2 Å². The van der Waals surface area contributed by atoms with E-state index in [0.717, 1.165) is 25.3 Å². The van der Waals surface area contributed by atoms with Crippen LogP contribution in [0.4, 0.5) is 5.82 Å². The lowest BCUT2D eigenvalue weighted by molar-refractivity contribution is 0.0984. The van der Waals surface area contributed by atoms with Crippen LogP contribution in [0, 0.1) is 0 Å². The number of aromatic amines is 1. The van der Waals surface area contributed by atoms with Crippen molar-refractivity contribution in [3.8, 4) is 0 Å². The predicted octanol–water partition coefficient (Wildman–Crippen LogP) is 0.575. The van der Waals surface area contributed by atoms with Crippen LogP contribution in [0.1, 0.15) is 29.6 Å². The summed E-state index contributed by atoms with van der Waals surface area (Å²) < 4.78 is 0. The average molecular weight is 209 g/mol. The number of nitrogens with one attached hydrogen (secondary N) is 1. The first-order valence-corrected chi connectivity index (χ1v) is 5.25. The molecule has 0 atom stereocenters. The summed E-state index contributed by atoms with van der Waals surface area (Å²) >= 11 is 0. The van der Waals surface area contributed by atoms with Gasteiger partial charge < -0.3 is 10.0 Å². The van der Waals surface area contributed by atoms with Gasteiger partial charge in [-0.25, -0.2) is 0 Å². The van der Waals surface area contributed by atoms with Gasteiger partial charge in [0, 0.05) is 26.1 Å². The van der Waals surface area contributed by atoms with Crippen LogP contribution in [-0.4, -0.2) is 40.8 Å². The maximum absolute atomic E-state index is 11.6. The van der Waals surface area contributed by atoms with Crippen LogP contribution in [0.15, 0.2) is 6.20 Å². The van der Waals surface area contributed by atoms with E-state index < -0.39 is 0 Å². The molecule has 1 aliphatic heterocycles. The van der Waals surface area contributed by atoms with E-state index >= 15 is 0 Å². The molecule has 0 bridgehead atoms. The quantitative estimate of drug-likeness (QED) is 0.763. The zero-order valence-corrected chi connectivity index (χ0v) is 8.57. The Bertz CT molecular complexity index is 348. The lowest BCUT2D eigenvalue weighted by Crippen LogP contribution is -2.26. The largest absolute Gasteiger partial charge is 0.396 e. The topological polar surface area (TPSA) is 69.2 Å². The van der Waals surface area contributed by atoms with E-state index in [2.05, 4.69) is 15.1 Å². The summed E-state index contributed by atoms with van der Waals surface area (Å²) in [5.41, 5.74) is 0.686. The average Bonchev–Trinajstić information content (AvgIpc) is 2.66. The Kier molecular flexibility index (Phi) is 3.01. The third-order valence-electron chi connectivity index (χ3n) is 2.65. The molecule has 2 rings (SSSR count). The molecule has 2 heterocycles. The molecule has 0 saturated carbocycles. The number of nitrogens with zero attached hydrogens (tertiary/aromatic N) is 2. The molecule has 15 heavy (non-hydrogen) atoms. The van der Waals surface area contributed by atoms with Crippen molar-refractivity contribution >= 4 is 11.6 Å². The molecular weight excluding hydrogens is 194 g/mol. The third kappa shape index (κ3) is 2.02. The Hall–Kier alpha value is -1.36. The highest BCUT2D eigenvalue weighted by atomic mass is 16.3. The van der Waals surface area contributed by atoms with Crippen molar-refractivity contribution in [2.45, 2.75) is 19.3 Å². The number of rotatable bonds is 3. The van der Waals surface area contributed by atoms with Crippen LogP contribution < -0.4 is 4.90 Å². The highest BCUT2D eigenvalue weighted by Gasteiger charge is 2.22. The Balaban J connectivity index is 2.20. The zero-order chi connectivity index (χ0) is 10.7. The minimum absolute atomic E-state index is 0.158. The molecule has 0 aliphatic carbocycles. The van der Waals surface area contributed by atoms with Gasteiger partial charge in [0.05, 0.1) is 11.8 Å². The molecule has 1 aromatic heterocycles. The lowest BCUT2D eigenvalue weighted by atomic mass is 10.1. The molecule has 1 aliphatic rings. The fraction of sp³-hybridized carbons (Fsp3) is 0.600. The Morgan fingerprint density at radius 3 is 3.27 bits per heavy atom. The molecule has 0 radical (unpaired) electrons. The summed E-state index contributed by atoms with van der Waals surface area (Å²) in [7, 11) is 0. The standard InChI is InChI=1S/C10H15N3O2/c14-6-2-5-13-4-1-3-9(15)8-7-11-12-10(8)13/h7,14H,1-6H2,(H,11,12). The second-order valence-corrected chi connectivity index (χ2v) is 3.72. The lowest BCUT2D eigenvalue weighted by Gasteiger charge is -2.21. The summed E-state index contributed by atoms with van der Waals surface area (Å²) in [6, 6.07) is 0. The first-order chi connectivity index (χ1) is 7.33. The van der Waals surface area contributed by atoms with Crippen LogP contribution in [0.25, 0.3) is 0 Å². The third-order valence-corrected chi connectivity index (χ3v) is 2.65. The van der Waals surface area contributed by atoms with Crippen LogP contribution in [0.5, 0.6) is 0 Å². The first kappa shape index (κ1) is 10.2. The van der Waals surface area contributed by atoms with E-state index in [9.17, 15) is 4.79 Å². The van der Waals surface area contributed by atoms with Gasteiger partial charge in [-0.1, -0.05) is 0 Å². The fourth-order valence-corrected chi connectivity index (χ4v) is 1.89. The summed E-state index contributed by atoms with van der Waals surface area (Å²) in [6.45, 7) is 1.79.